The third-order valence-electron chi connectivity index (χ3n) is 5.29. The van der Waals surface area contributed by atoms with E-state index < -0.39 is 0 Å². The van der Waals surface area contributed by atoms with Gasteiger partial charge in [-0.2, -0.15) is 4.80 Å². The maximum atomic E-state index is 9.79. The highest BCUT2D eigenvalue weighted by molar-refractivity contribution is 6.30. The van der Waals surface area contributed by atoms with Gasteiger partial charge in [0.25, 0.3) is 0 Å². The summed E-state index contributed by atoms with van der Waals surface area (Å²) in [7, 11) is 1.76. The molecule has 0 aliphatic rings. The molecule has 4 rings (SSSR count). The molecule has 0 radical (unpaired) electrons. The Balaban J connectivity index is 1.62. The quantitative estimate of drug-likeness (QED) is 0.446. The SMILES string of the molecule is CCCCc1nc(Cl)c(CO)n1Cc1ccc(-c2ccccc2-c2nnn(C)n2)cc1. The van der Waals surface area contributed by atoms with Crippen molar-refractivity contribution in [2.45, 2.75) is 39.3 Å². The van der Waals surface area contributed by atoms with E-state index in [9.17, 15) is 5.11 Å². The standard InChI is InChI=1S/C23H25ClN6O/c1-3-4-9-21-25-22(24)20(15-31)30(21)14-16-10-12-17(13-11-16)18-7-5-6-8-19(18)23-26-28-29(2)27-23/h5-8,10-13,31H,3-4,9,14-15H2,1-2H3. The predicted molar refractivity (Wildman–Crippen MR) is 121 cm³/mol. The third kappa shape index (κ3) is 4.52. The summed E-state index contributed by atoms with van der Waals surface area (Å²) in [5, 5.41) is 22.6. The van der Waals surface area contributed by atoms with Gasteiger partial charge in [-0.1, -0.05) is 73.5 Å². The van der Waals surface area contributed by atoms with Crippen molar-refractivity contribution < 1.29 is 5.11 Å². The molecule has 2 aromatic heterocycles. The number of halogens is 1. The second-order valence-corrected chi connectivity index (χ2v) is 7.82. The number of rotatable bonds is 8. The molecule has 1 N–H and O–H groups in total. The molecule has 0 aliphatic heterocycles. The Labute approximate surface area is 186 Å². The van der Waals surface area contributed by atoms with Gasteiger partial charge in [-0.05, 0) is 28.3 Å². The molecule has 0 unspecified atom stereocenters. The van der Waals surface area contributed by atoms with Gasteiger partial charge in [0, 0.05) is 18.5 Å². The van der Waals surface area contributed by atoms with Crippen molar-refractivity contribution >= 4 is 11.6 Å². The van der Waals surface area contributed by atoms with E-state index in [4.69, 9.17) is 11.6 Å². The van der Waals surface area contributed by atoms with Crippen LogP contribution in [0.2, 0.25) is 5.15 Å². The average Bonchev–Trinajstić information content (AvgIpc) is 3.35. The summed E-state index contributed by atoms with van der Waals surface area (Å²) in [6, 6.07) is 16.4. The van der Waals surface area contributed by atoms with Crippen LogP contribution >= 0.6 is 11.6 Å². The minimum Gasteiger partial charge on any atom is -0.390 e. The summed E-state index contributed by atoms with van der Waals surface area (Å²) in [6.07, 6.45) is 2.95. The lowest BCUT2D eigenvalue weighted by molar-refractivity contribution is 0.271. The van der Waals surface area contributed by atoms with Gasteiger partial charge in [-0.15, -0.1) is 10.2 Å². The van der Waals surface area contributed by atoms with Gasteiger partial charge in [0.05, 0.1) is 19.3 Å². The second kappa shape index (κ2) is 9.41. The number of aliphatic hydroxyl groups excluding tert-OH is 1. The van der Waals surface area contributed by atoms with E-state index in [1.165, 1.54) is 4.80 Å². The summed E-state index contributed by atoms with van der Waals surface area (Å²) >= 11 is 6.27. The van der Waals surface area contributed by atoms with Crippen LogP contribution in [-0.2, 0) is 26.6 Å². The van der Waals surface area contributed by atoms with Crippen LogP contribution < -0.4 is 0 Å². The van der Waals surface area contributed by atoms with E-state index in [2.05, 4.69) is 57.7 Å². The Bertz CT molecular complexity index is 1170. The van der Waals surface area contributed by atoms with Crippen LogP contribution in [0.15, 0.2) is 48.5 Å². The van der Waals surface area contributed by atoms with Crippen molar-refractivity contribution in [3.05, 3.63) is 70.8 Å². The molecule has 4 aromatic rings. The second-order valence-electron chi connectivity index (χ2n) is 7.46. The molecule has 0 bridgehead atoms. The lowest BCUT2D eigenvalue weighted by Gasteiger charge is -2.12. The van der Waals surface area contributed by atoms with Gasteiger partial charge < -0.3 is 9.67 Å². The first-order valence-electron chi connectivity index (χ1n) is 10.4. The van der Waals surface area contributed by atoms with Crippen molar-refractivity contribution in [1.82, 2.24) is 29.8 Å². The normalized spacial score (nSPS) is 11.2. The molecule has 0 atom stereocenters. The zero-order valence-corrected chi connectivity index (χ0v) is 18.4. The Morgan fingerprint density at radius 1 is 1.03 bits per heavy atom. The van der Waals surface area contributed by atoms with E-state index in [0.29, 0.717) is 23.2 Å². The predicted octanol–water partition coefficient (Wildman–Crippen LogP) is 4.28. The molecule has 31 heavy (non-hydrogen) atoms. The third-order valence-corrected chi connectivity index (χ3v) is 5.59. The van der Waals surface area contributed by atoms with E-state index in [-0.39, 0.29) is 6.61 Å². The minimum absolute atomic E-state index is 0.130. The molecule has 7 nitrogen and oxygen atoms in total. The number of tetrazole rings is 1. The van der Waals surface area contributed by atoms with E-state index in [1.807, 2.05) is 22.8 Å². The number of aliphatic hydroxyl groups is 1. The van der Waals surface area contributed by atoms with Crippen LogP contribution in [0.25, 0.3) is 22.5 Å². The number of hydrogen-bond acceptors (Lipinski definition) is 5. The lowest BCUT2D eigenvalue weighted by Crippen LogP contribution is -2.09. The fraction of sp³-hybridized carbons (Fsp3) is 0.304. The first kappa shape index (κ1) is 21.2. The fourth-order valence-electron chi connectivity index (χ4n) is 3.66. The monoisotopic (exact) mass is 436 g/mol. The zero-order valence-electron chi connectivity index (χ0n) is 17.7. The summed E-state index contributed by atoms with van der Waals surface area (Å²) in [4.78, 5) is 5.93. The Morgan fingerprint density at radius 2 is 1.77 bits per heavy atom. The van der Waals surface area contributed by atoms with Crippen molar-refractivity contribution in [2.75, 3.05) is 0 Å². The highest BCUT2D eigenvalue weighted by Gasteiger charge is 2.16. The van der Waals surface area contributed by atoms with E-state index in [0.717, 1.165) is 47.3 Å². The molecule has 0 saturated heterocycles. The van der Waals surface area contributed by atoms with E-state index in [1.54, 1.807) is 7.05 Å². The fourth-order valence-corrected chi connectivity index (χ4v) is 3.92. The maximum Gasteiger partial charge on any atom is 0.205 e. The van der Waals surface area contributed by atoms with E-state index >= 15 is 0 Å². The van der Waals surface area contributed by atoms with Crippen LogP contribution in [-0.4, -0.2) is 34.9 Å². The molecule has 2 aromatic carbocycles. The molecule has 0 aliphatic carbocycles. The van der Waals surface area contributed by atoms with Gasteiger partial charge in [-0.25, -0.2) is 4.98 Å². The van der Waals surface area contributed by atoms with Crippen molar-refractivity contribution in [2.24, 2.45) is 7.05 Å². The maximum absolute atomic E-state index is 9.79. The largest absolute Gasteiger partial charge is 0.390 e. The first-order chi connectivity index (χ1) is 15.1. The number of nitrogens with zero attached hydrogens (tertiary/aromatic N) is 6. The summed E-state index contributed by atoms with van der Waals surface area (Å²) in [6.45, 7) is 2.63. The summed E-state index contributed by atoms with van der Waals surface area (Å²) in [5.41, 5.74) is 4.84. The van der Waals surface area contributed by atoms with Gasteiger partial charge in [0.2, 0.25) is 5.82 Å². The van der Waals surface area contributed by atoms with Gasteiger partial charge in [0.1, 0.15) is 5.82 Å². The van der Waals surface area contributed by atoms with Crippen LogP contribution in [0.4, 0.5) is 0 Å². The number of hydrogen-bond donors (Lipinski definition) is 1. The number of benzene rings is 2. The van der Waals surface area contributed by atoms with Crippen molar-refractivity contribution in [3.8, 4) is 22.5 Å². The average molecular weight is 437 g/mol. The number of unbranched alkanes of at least 4 members (excludes halogenated alkanes) is 1. The van der Waals surface area contributed by atoms with Gasteiger partial charge >= 0.3 is 0 Å². The van der Waals surface area contributed by atoms with Crippen molar-refractivity contribution in [3.63, 3.8) is 0 Å². The Morgan fingerprint density at radius 3 is 2.42 bits per heavy atom. The molecule has 0 spiro atoms. The number of aromatic nitrogens is 6. The molecule has 160 valence electrons. The molecular weight excluding hydrogens is 412 g/mol. The van der Waals surface area contributed by atoms with Gasteiger partial charge in [-0.3, -0.25) is 0 Å². The summed E-state index contributed by atoms with van der Waals surface area (Å²) in [5.74, 6) is 1.52. The van der Waals surface area contributed by atoms with Crippen LogP contribution in [0, 0.1) is 0 Å². The highest BCUT2D eigenvalue weighted by atomic mass is 35.5. The molecule has 0 amide bonds. The van der Waals surface area contributed by atoms with Crippen LogP contribution in [0.5, 0.6) is 0 Å². The van der Waals surface area contributed by atoms with Crippen LogP contribution in [0.1, 0.15) is 36.8 Å². The zero-order chi connectivity index (χ0) is 21.8. The van der Waals surface area contributed by atoms with Crippen molar-refractivity contribution in [1.29, 1.82) is 0 Å². The Kier molecular flexibility index (Phi) is 6.44. The lowest BCUT2D eigenvalue weighted by atomic mass is 9.98. The topological polar surface area (TPSA) is 81.7 Å². The highest BCUT2D eigenvalue weighted by Crippen LogP contribution is 2.30. The smallest absolute Gasteiger partial charge is 0.205 e. The van der Waals surface area contributed by atoms with Gasteiger partial charge in [0.15, 0.2) is 5.15 Å². The number of aryl methyl sites for hydroxylation is 2. The molecule has 8 heteroatoms. The molecule has 2 heterocycles. The molecule has 0 saturated carbocycles. The molecule has 0 fully saturated rings. The minimum atomic E-state index is -0.130. The number of imidazole rings is 1. The van der Waals surface area contributed by atoms with Crippen LogP contribution in [0.3, 0.4) is 0 Å². The molecular formula is C23H25ClN6O. The Hall–Kier alpha value is -3.03. The first-order valence-corrected chi connectivity index (χ1v) is 10.8. The summed E-state index contributed by atoms with van der Waals surface area (Å²) < 4.78 is 2.03.